The third-order valence-electron chi connectivity index (χ3n) is 5.15. The van der Waals surface area contributed by atoms with Crippen LogP contribution in [0.4, 0.5) is 0 Å². The molecule has 26 heavy (non-hydrogen) atoms. The molecule has 138 valence electrons. The van der Waals surface area contributed by atoms with Gasteiger partial charge < -0.3 is 14.2 Å². The maximum absolute atomic E-state index is 12.5. The summed E-state index contributed by atoms with van der Waals surface area (Å²) in [5.41, 5.74) is 2.10. The molecule has 0 radical (unpaired) electrons. The predicted octanol–water partition coefficient (Wildman–Crippen LogP) is 4.66. The van der Waals surface area contributed by atoms with Gasteiger partial charge in [-0.3, -0.25) is 4.79 Å². The average Bonchev–Trinajstić information content (AvgIpc) is 3.28. The van der Waals surface area contributed by atoms with Gasteiger partial charge in [-0.1, -0.05) is 30.2 Å². The highest BCUT2D eigenvalue weighted by Crippen LogP contribution is 2.43. The van der Waals surface area contributed by atoms with Gasteiger partial charge in [0.05, 0.1) is 12.0 Å². The standard InChI is InChI=1S/C20H23ClN2O2S/c21-16-6-4-15(5-7-16)17-8-13-25-19(17)20-23(18(24)14-26-20)12-11-22-9-2-1-3-10-22/h4-8,13,20H,1-3,9-12,14H2. The Morgan fingerprint density at radius 1 is 1.08 bits per heavy atom. The van der Waals surface area contributed by atoms with E-state index in [0.717, 1.165) is 43.1 Å². The molecule has 4 rings (SSSR count). The molecule has 2 aliphatic rings. The normalized spacial score (nSPS) is 21.5. The molecule has 3 heterocycles. The fraction of sp³-hybridized carbons (Fsp3) is 0.450. The molecule has 0 N–H and O–H groups in total. The van der Waals surface area contributed by atoms with Crippen molar-refractivity contribution >= 4 is 29.3 Å². The molecule has 1 aromatic carbocycles. The van der Waals surface area contributed by atoms with Crippen LogP contribution in [0.5, 0.6) is 0 Å². The first-order valence-electron chi connectivity index (χ1n) is 9.19. The van der Waals surface area contributed by atoms with Crippen LogP contribution < -0.4 is 0 Å². The van der Waals surface area contributed by atoms with Crippen LogP contribution in [0, 0.1) is 0 Å². The monoisotopic (exact) mass is 390 g/mol. The molecule has 2 aromatic rings. The van der Waals surface area contributed by atoms with Crippen molar-refractivity contribution < 1.29 is 9.21 Å². The van der Waals surface area contributed by atoms with Crippen molar-refractivity contribution in [2.24, 2.45) is 0 Å². The van der Waals surface area contributed by atoms with E-state index in [1.54, 1.807) is 18.0 Å². The lowest BCUT2D eigenvalue weighted by molar-refractivity contribution is -0.128. The van der Waals surface area contributed by atoms with E-state index in [1.165, 1.54) is 19.3 Å². The maximum atomic E-state index is 12.5. The Labute approximate surface area is 163 Å². The second kappa shape index (κ2) is 8.07. The van der Waals surface area contributed by atoms with E-state index in [0.29, 0.717) is 10.8 Å². The fourth-order valence-corrected chi connectivity index (χ4v) is 5.05. The van der Waals surface area contributed by atoms with Crippen LogP contribution in [-0.4, -0.2) is 47.6 Å². The van der Waals surface area contributed by atoms with Crippen LogP contribution in [0.15, 0.2) is 41.0 Å². The van der Waals surface area contributed by atoms with E-state index in [2.05, 4.69) is 4.90 Å². The highest BCUT2D eigenvalue weighted by molar-refractivity contribution is 8.00. The van der Waals surface area contributed by atoms with Gasteiger partial charge >= 0.3 is 0 Å². The Kier molecular flexibility index (Phi) is 5.57. The number of amides is 1. The second-order valence-electron chi connectivity index (χ2n) is 6.86. The van der Waals surface area contributed by atoms with Crippen LogP contribution in [0.3, 0.4) is 0 Å². The first-order valence-corrected chi connectivity index (χ1v) is 10.6. The first kappa shape index (κ1) is 18.0. The molecule has 0 saturated carbocycles. The molecule has 1 unspecified atom stereocenters. The Balaban J connectivity index is 1.51. The summed E-state index contributed by atoms with van der Waals surface area (Å²) < 4.78 is 5.84. The summed E-state index contributed by atoms with van der Waals surface area (Å²) in [6.07, 6.45) is 5.58. The highest BCUT2D eigenvalue weighted by Gasteiger charge is 2.36. The number of thioether (sulfide) groups is 1. The van der Waals surface area contributed by atoms with Gasteiger partial charge in [-0.15, -0.1) is 11.8 Å². The van der Waals surface area contributed by atoms with Crippen molar-refractivity contribution in [2.75, 3.05) is 31.9 Å². The van der Waals surface area contributed by atoms with Crippen LogP contribution in [0.1, 0.15) is 30.4 Å². The van der Waals surface area contributed by atoms with E-state index >= 15 is 0 Å². The SMILES string of the molecule is O=C1CSC(c2occc2-c2ccc(Cl)cc2)N1CCN1CCCCC1. The lowest BCUT2D eigenvalue weighted by Crippen LogP contribution is -2.39. The summed E-state index contributed by atoms with van der Waals surface area (Å²) in [5.74, 6) is 1.59. The number of halogens is 1. The number of piperidine rings is 1. The molecule has 1 atom stereocenters. The molecule has 0 aliphatic carbocycles. The lowest BCUT2D eigenvalue weighted by atomic mass is 10.1. The summed E-state index contributed by atoms with van der Waals surface area (Å²) in [6, 6.07) is 9.74. The number of rotatable bonds is 5. The summed E-state index contributed by atoms with van der Waals surface area (Å²) in [4.78, 5) is 16.9. The summed E-state index contributed by atoms with van der Waals surface area (Å²) >= 11 is 7.67. The van der Waals surface area contributed by atoms with Crippen molar-refractivity contribution in [2.45, 2.75) is 24.6 Å². The molecule has 4 nitrogen and oxygen atoms in total. The van der Waals surface area contributed by atoms with Crippen molar-refractivity contribution in [1.29, 1.82) is 0 Å². The lowest BCUT2D eigenvalue weighted by Gasteiger charge is -2.30. The highest BCUT2D eigenvalue weighted by atomic mass is 35.5. The van der Waals surface area contributed by atoms with Gasteiger partial charge in [-0.2, -0.15) is 0 Å². The quantitative estimate of drug-likeness (QED) is 0.744. The summed E-state index contributed by atoms with van der Waals surface area (Å²) in [6.45, 7) is 4.00. The van der Waals surface area contributed by atoms with Crippen LogP contribution in [0.25, 0.3) is 11.1 Å². The zero-order valence-corrected chi connectivity index (χ0v) is 16.3. The molecule has 1 amide bonds. The molecule has 0 bridgehead atoms. The molecule has 2 fully saturated rings. The van der Waals surface area contributed by atoms with Gasteiger partial charge in [0.1, 0.15) is 11.1 Å². The maximum Gasteiger partial charge on any atom is 0.233 e. The average molecular weight is 391 g/mol. The molecule has 2 aliphatic heterocycles. The largest absolute Gasteiger partial charge is 0.466 e. The number of benzene rings is 1. The molecular weight excluding hydrogens is 368 g/mol. The number of hydrogen-bond acceptors (Lipinski definition) is 4. The van der Waals surface area contributed by atoms with Gasteiger partial charge in [-0.05, 0) is 49.7 Å². The first-order chi connectivity index (χ1) is 12.7. The third kappa shape index (κ3) is 3.80. The number of nitrogens with zero attached hydrogens (tertiary/aromatic N) is 2. The minimum atomic E-state index is -0.0482. The van der Waals surface area contributed by atoms with E-state index in [9.17, 15) is 4.79 Å². The van der Waals surface area contributed by atoms with E-state index in [-0.39, 0.29) is 11.3 Å². The van der Waals surface area contributed by atoms with Gasteiger partial charge in [-0.25, -0.2) is 0 Å². The Morgan fingerprint density at radius 3 is 2.62 bits per heavy atom. The number of likely N-dealkylation sites (tertiary alicyclic amines) is 1. The summed E-state index contributed by atoms with van der Waals surface area (Å²) in [5, 5.41) is 0.667. The van der Waals surface area contributed by atoms with Crippen molar-refractivity contribution in [1.82, 2.24) is 9.80 Å². The molecule has 1 aromatic heterocycles. The van der Waals surface area contributed by atoms with E-state index in [1.807, 2.05) is 35.2 Å². The second-order valence-corrected chi connectivity index (χ2v) is 8.36. The fourth-order valence-electron chi connectivity index (χ4n) is 3.73. The summed E-state index contributed by atoms with van der Waals surface area (Å²) in [7, 11) is 0. The predicted molar refractivity (Wildman–Crippen MR) is 106 cm³/mol. The molecule has 0 spiro atoms. The number of furan rings is 1. The smallest absolute Gasteiger partial charge is 0.233 e. The van der Waals surface area contributed by atoms with Gasteiger partial charge in [0.25, 0.3) is 0 Å². The third-order valence-corrected chi connectivity index (χ3v) is 6.60. The van der Waals surface area contributed by atoms with Crippen LogP contribution in [-0.2, 0) is 4.79 Å². The van der Waals surface area contributed by atoms with Crippen molar-refractivity contribution in [3.63, 3.8) is 0 Å². The number of hydrogen-bond donors (Lipinski definition) is 0. The number of carbonyl (C=O) groups is 1. The molecule has 6 heteroatoms. The minimum Gasteiger partial charge on any atom is -0.466 e. The Hall–Kier alpha value is -1.43. The van der Waals surface area contributed by atoms with Crippen molar-refractivity contribution in [3.05, 3.63) is 47.4 Å². The van der Waals surface area contributed by atoms with Crippen LogP contribution >= 0.6 is 23.4 Å². The van der Waals surface area contributed by atoms with E-state index < -0.39 is 0 Å². The van der Waals surface area contributed by atoms with Crippen LogP contribution in [0.2, 0.25) is 5.02 Å². The minimum absolute atomic E-state index is 0.0482. The zero-order chi connectivity index (χ0) is 17.9. The van der Waals surface area contributed by atoms with Gasteiger partial charge in [0, 0.05) is 23.7 Å². The van der Waals surface area contributed by atoms with Gasteiger partial charge in [0.2, 0.25) is 5.91 Å². The topological polar surface area (TPSA) is 36.7 Å². The zero-order valence-electron chi connectivity index (χ0n) is 14.7. The van der Waals surface area contributed by atoms with Crippen molar-refractivity contribution in [3.8, 4) is 11.1 Å². The van der Waals surface area contributed by atoms with E-state index in [4.69, 9.17) is 16.0 Å². The van der Waals surface area contributed by atoms with Gasteiger partial charge in [0.15, 0.2) is 0 Å². The Bertz CT molecular complexity index is 755. The molecule has 2 saturated heterocycles. The Morgan fingerprint density at radius 2 is 1.85 bits per heavy atom. The number of carbonyl (C=O) groups excluding carboxylic acids is 1. The molecular formula is C20H23ClN2O2S.